The van der Waals surface area contributed by atoms with Crippen molar-refractivity contribution < 1.29 is 13.7 Å². The maximum atomic E-state index is 13.0. The third-order valence-electron chi connectivity index (χ3n) is 4.68. The maximum absolute atomic E-state index is 13.0. The van der Waals surface area contributed by atoms with Gasteiger partial charge in [-0.25, -0.2) is 4.39 Å². The molecule has 1 amide bonds. The molecule has 0 aliphatic carbocycles. The van der Waals surface area contributed by atoms with Crippen LogP contribution >= 0.6 is 0 Å². The molecule has 0 unspecified atom stereocenters. The van der Waals surface area contributed by atoms with Gasteiger partial charge >= 0.3 is 0 Å². The van der Waals surface area contributed by atoms with E-state index in [-0.39, 0.29) is 11.7 Å². The summed E-state index contributed by atoms with van der Waals surface area (Å²) in [6, 6.07) is 13.7. The zero-order valence-electron chi connectivity index (χ0n) is 14.9. The Morgan fingerprint density at radius 2 is 1.67 bits per heavy atom. The Morgan fingerprint density at radius 3 is 2.26 bits per heavy atom. The molecule has 0 atom stereocenters. The van der Waals surface area contributed by atoms with E-state index < -0.39 is 0 Å². The van der Waals surface area contributed by atoms with E-state index in [2.05, 4.69) is 15.0 Å². The first-order valence-electron chi connectivity index (χ1n) is 8.81. The van der Waals surface area contributed by atoms with Crippen molar-refractivity contribution in [2.24, 2.45) is 0 Å². The molecule has 1 fully saturated rings. The number of nitrogens with zero attached hydrogens (tertiary/aromatic N) is 4. The number of anilines is 1. The van der Waals surface area contributed by atoms with Crippen LogP contribution in [0.4, 0.5) is 10.1 Å². The second-order valence-electron chi connectivity index (χ2n) is 6.47. The van der Waals surface area contributed by atoms with Gasteiger partial charge in [0.2, 0.25) is 11.7 Å². The Balaban J connectivity index is 1.39. The molecule has 1 aliphatic rings. The first-order valence-corrected chi connectivity index (χ1v) is 8.81. The quantitative estimate of drug-likeness (QED) is 0.713. The number of piperazine rings is 1. The van der Waals surface area contributed by atoms with E-state index in [1.54, 1.807) is 11.8 Å². The molecule has 0 saturated carbocycles. The zero-order chi connectivity index (χ0) is 18.8. The van der Waals surface area contributed by atoms with Gasteiger partial charge in [0.1, 0.15) is 5.82 Å². The lowest BCUT2D eigenvalue weighted by molar-refractivity contribution is 0.0746. The predicted molar refractivity (Wildman–Crippen MR) is 99.0 cm³/mol. The van der Waals surface area contributed by atoms with Crippen LogP contribution in [0, 0.1) is 12.7 Å². The van der Waals surface area contributed by atoms with Crippen LogP contribution in [0.3, 0.4) is 0 Å². The predicted octanol–water partition coefficient (Wildman–Crippen LogP) is 3.15. The summed E-state index contributed by atoms with van der Waals surface area (Å²) in [5, 5.41) is 3.92. The van der Waals surface area contributed by atoms with Gasteiger partial charge in [-0.2, -0.15) is 4.98 Å². The number of halogens is 1. The summed E-state index contributed by atoms with van der Waals surface area (Å²) in [7, 11) is 0. The summed E-state index contributed by atoms with van der Waals surface area (Å²) >= 11 is 0. The molecule has 1 saturated heterocycles. The number of hydrogen-bond acceptors (Lipinski definition) is 5. The fourth-order valence-corrected chi connectivity index (χ4v) is 3.18. The van der Waals surface area contributed by atoms with Gasteiger partial charge in [-0.05, 0) is 48.5 Å². The number of rotatable bonds is 3. The van der Waals surface area contributed by atoms with E-state index in [0.717, 1.165) is 24.3 Å². The average molecular weight is 366 g/mol. The summed E-state index contributed by atoms with van der Waals surface area (Å²) in [5.74, 6) is 0.720. The molecule has 6 nitrogen and oxygen atoms in total. The van der Waals surface area contributed by atoms with Crippen LogP contribution < -0.4 is 4.90 Å². The topological polar surface area (TPSA) is 62.5 Å². The van der Waals surface area contributed by atoms with Crippen molar-refractivity contribution in [2.45, 2.75) is 6.92 Å². The molecule has 4 rings (SSSR count). The van der Waals surface area contributed by atoms with Crippen molar-refractivity contribution in [3.8, 4) is 11.4 Å². The van der Waals surface area contributed by atoms with Crippen LogP contribution in [0.25, 0.3) is 11.4 Å². The number of hydrogen-bond donors (Lipinski definition) is 0. The van der Waals surface area contributed by atoms with Crippen LogP contribution in [0.5, 0.6) is 0 Å². The lowest BCUT2D eigenvalue weighted by Gasteiger charge is -2.36. The van der Waals surface area contributed by atoms with Crippen molar-refractivity contribution in [1.82, 2.24) is 15.0 Å². The molecule has 1 aliphatic heterocycles. The maximum Gasteiger partial charge on any atom is 0.253 e. The second-order valence-corrected chi connectivity index (χ2v) is 6.47. The smallest absolute Gasteiger partial charge is 0.253 e. The number of aryl methyl sites for hydroxylation is 1. The van der Waals surface area contributed by atoms with Gasteiger partial charge < -0.3 is 14.3 Å². The molecule has 0 spiro atoms. The highest BCUT2D eigenvalue weighted by Crippen LogP contribution is 2.22. The molecule has 138 valence electrons. The van der Waals surface area contributed by atoms with E-state index in [0.29, 0.717) is 30.4 Å². The Labute approximate surface area is 156 Å². The van der Waals surface area contributed by atoms with E-state index in [1.807, 2.05) is 24.3 Å². The second kappa shape index (κ2) is 7.19. The summed E-state index contributed by atoms with van der Waals surface area (Å²) in [5.41, 5.74) is 2.51. The van der Waals surface area contributed by atoms with Crippen LogP contribution in [0.2, 0.25) is 0 Å². The molecule has 3 aromatic rings. The van der Waals surface area contributed by atoms with Gasteiger partial charge in [0.15, 0.2) is 0 Å². The number of aromatic nitrogens is 2. The molecule has 0 radical (unpaired) electrons. The minimum Gasteiger partial charge on any atom is -0.368 e. The number of benzene rings is 2. The standard InChI is InChI=1S/C20H19FN4O2/c1-14-22-19(23-27-14)15-4-8-18(9-5-15)24-10-12-25(13-11-24)20(26)16-2-6-17(21)7-3-16/h2-9H,10-13H2,1H3. The summed E-state index contributed by atoms with van der Waals surface area (Å²) in [6.07, 6.45) is 0. The van der Waals surface area contributed by atoms with Crippen molar-refractivity contribution in [3.05, 3.63) is 65.8 Å². The fraction of sp³-hybridized carbons (Fsp3) is 0.250. The molecule has 0 N–H and O–H groups in total. The normalized spacial score (nSPS) is 14.4. The van der Waals surface area contributed by atoms with Crippen LogP contribution in [0.1, 0.15) is 16.2 Å². The summed E-state index contributed by atoms with van der Waals surface area (Å²) in [6.45, 7) is 4.50. The fourth-order valence-electron chi connectivity index (χ4n) is 3.18. The van der Waals surface area contributed by atoms with Crippen molar-refractivity contribution in [2.75, 3.05) is 31.1 Å². The molecule has 7 heteroatoms. The minimum absolute atomic E-state index is 0.0579. The SMILES string of the molecule is Cc1nc(-c2ccc(N3CCN(C(=O)c4ccc(F)cc4)CC3)cc2)no1. The molecule has 2 heterocycles. The molecular formula is C20H19FN4O2. The largest absolute Gasteiger partial charge is 0.368 e. The van der Waals surface area contributed by atoms with E-state index >= 15 is 0 Å². The lowest BCUT2D eigenvalue weighted by Crippen LogP contribution is -2.48. The first kappa shape index (κ1) is 17.2. The van der Waals surface area contributed by atoms with Crippen molar-refractivity contribution in [1.29, 1.82) is 0 Å². The van der Waals surface area contributed by atoms with E-state index in [4.69, 9.17) is 4.52 Å². The third kappa shape index (κ3) is 3.67. The number of amides is 1. The summed E-state index contributed by atoms with van der Waals surface area (Å²) in [4.78, 5) is 20.8. The van der Waals surface area contributed by atoms with Gasteiger partial charge in [0, 0.05) is 49.9 Å². The number of carbonyl (C=O) groups excluding carboxylic acids is 1. The zero-order valence-corrected chi connectivity index (χ0v) is 14.9. The van der Waals surface area contributed by atoms with E-state index in [1.165, 1.54) is 24.3 Å². The Hall–Kier alpha value is -3.22. The molecular weight excluding hydrogens is 347 g/mol. The Bertz CT molecular complexity index is 929. The highest BCUT2D eigenvalue weighted by atomic mass is 19.1. The van der Waals surface area contributed by atoms with Gasteiger partial charge in [-0.15, -0.1) is 0 Å². The lowest BCUT2D eigenvalue weighted by atomic mass is 10.1. The monoisotopic (exact) mass is 366 g/mol. The molecule has 1 aromatic heterocycles. The molecule has 27 heavy (non-hydrogen) atoms. The van der Waals surface area contributed by atoms with E-state index in [9.17, 15) is 9.18 Å². The Morgan fingerprint density at radius 1 is 1.00 bits per heavy atom. The molecule has 0 bridgehead atoms. The summed E-state index contributed by atoms with van der Waals surface area (Å²) < 4.78 is 18.0. The van der Waals surface area contributed by atoms with Crippen LogP contribution in [0.15, 0.2) is 53.1 Å². The minimum atomic E-state index is -0.337. The first-order chi connectivity index (χ1) is 13.1. The van der Waals surface area contributed by atoms with Crippen LogP contribution in [-0.4, -0.2) is 47.1 Å². The average Bonchev–Trinajstić information content (AvgIpc) is 3.15. The van der Waals surface area contributed by atoms with Crippen LogP contribution in [-0.2, 0) is 0 Å². The highest BCUT2D eigenvalue weighted by molar-refractivity contribution is 5.94. The number of carbonyl (C=O) groups is 1. The third-order valence-corrected chi connectivity index (χ3v) is 4.68. The van der Waals surface area contributed by atoms with Gasteiger partial charge in [-0.1, -0.05) is 5.16 Å². The molecule has 2 aromatic carbocycles. The highest BCUT2D eigenvalue weighted by Gasteiger charge is 2.22. The Kier molecular flexibility index (Phi) is 4.58. The van der Waals surface area contributed by atoms with Gasteiger partial charge in [0.05, 0.1) is 0 Å². The van der Waals surface area contributed by atoms with Gasteiger partial charge in [0.25, 0.3) is 5.91 Å². The van der Waals surface area contributed by atoms with Crippen molar-refractivity contribution in [3.63, 3.8) is 0 Å². The van der Waals surface area contributed by atoms with Crippen molar-refractivity contribution >= 4 is 11.6 Å². The van der Waals surface area contributed by atoms with Gasteiger partial charge in [-0.3, -0.25) is 4.79 Å².